The van der Waals surface area contributed by atoms with Gasteiger partial charge in [-0.05, 0) is 17.5 Å². The van der Waals surface area contributed by atoms with E-state index in [1.807, 2.05) is 30.3 Å². The molecule has 0 saturated heterocycles. The molecule has 0 aliphatic carbocycles. The van der Waals surface area contributed by atoms with Crippen molar-refractivity contribution in [2.45, 2.75) is 6.54 Å². The molecule has 0 bridgehead atoms. The second kappa shape index (κ2) is 5.29. The van der Waals surface area contributed by atoms with Gasteiger partial charge in [-0.2, -0.15) is 0 Å². The van der Waals surface area contributed by atoms with Gasteiger partial charge in [0, 0.05) is 28.7 Å². The highest BCUT2D eigenvalue weighted by Crippen LogP contribution is 2.09. The van der Waals surface area contributed by atoms with E-state index in [1.165, 1.54) is 0 Å². The molecule has 2 N–H and O–H groups in total. The Hall–Kier alpha value is -1.39. The quantitative estimate of drug-likeness (QED) is 0.910. The first-order valence-electron chi connectivity index (χ1n) is 5.32. The van der Waals surface area contributed by atoms with Crippen molar-refractivity contribution in [1.82, 2.24) is 10.3 Å². The maximum Gasteiger partial charge on any atom is 0.252 e. The molecular weight excluding hydrogens is 280 g/mol. The van der Waals surface area contributed by atoms with Crippen LogP contribution in [0, 0.1) is 0 Å². The highest BCUT2D eigenvalue weighted by molar-refractivity contribution is 9.11. The molecule has 88 valence electrons. The Balaban J connectivity index is 2.25. The lowest BCUT2D eigenvalue weighted by Gasteiger charge is -2.04. The number of hydrogen-bond donors (Lipinski definition) is 2. The predicted octanol–water partition coefficient (Wildman–Crippen LogP) is 2.53. The van der Waals surface area contributed by atoms with E-state index >= 15 is 0 Å². The van der Waals surface area contributed by atoms with E-state index < -0.39 is 0 Å². The van der Waals surface area contributed by atoms with Gasteiger partial charge in [0.25, 0.3) is 5.56 Å². The van der Waals surface area contributed by atoms with Crippen molar-refractivity contribution in [3.63, 3.8) is 0 Å². The molecule has 1 aromatic carbocycles. The second-order valence-corrected chi connectivity index (χ2v) is 4.95. The summed E-state index contributed by atoms with van der Waals surface area (Å²) in [7, 11) is 0. The van der Waals surface area contributed by atoms with Gasteiger partial charge >= 0.3 is 0 Å². The van der Waals surface area contributed by atoms with E-state index in [4.69, 9.17) is 0 Å². The van der Waals surface area contributed by atoms with Gasteiger partial charge in [-0.3, -0.25) is 4.79 Å². The Morgan fingerprint density at radius 3 is 2.94 bits per heavy atom. The molecule has 0 spiro atoms. The minimum atomic E-state index is -0.0450. The second-order valence-electron chi connectivity index (χ2n) is 3.83. The standard InChI is InChI=1S/C13H13BrN2O/c1-9(14)7-15-8-11-6-10-4-2-3-5-12(10)16-13(11)17/h2-6,15H,1,7-8H2,(H,16,17). The van der Waals surface area contributed by atoms with Crippen molar-refractivity contribution in [1.29, 1.82) is 0 Å². The number of aromatic nitrogens is 1. The van der Waals surface area contributed by atoms with E-state index in [9.17, 15) is 4.79 Å². The molecule has 17 heavy (non-hydrogen) atoms. The smallest absolute Gasteiger partial charge is 0.252 e. The first-order chi connectivity index (χ1) is 8.16. The van der Waals surface area contributed by atoms with E-state index in [2.05, 4.69) is 32.8 Å². The van der Waals surface area contributed by atoms with Gasteiger partial charge in [-0.15, -0.1) is 0 Å². The maximum absolute atomic E-state index is 11.8. The predicted molar refractivity (Wildman–Crippen MR) is 74.3 cm³/mol. The Labute approximate surface area is 108 Å². The first kappa shape index (κ1) is 12.1. The lowest BCUT2D eigenvalue weighted by atomic mass is 10.1. The van der Waals surface area contributed by atoms with E-state index in [0.29, 0.717) is 13.1 Å². The third kappa shape index (κ3) is 3.05. The molecule has 2 aromatic rings. The van der Waals surface area contributed by atoms with E-state index in [1.54, 1.807) is 0 Å². The third-order valence-electron chi connectivity index (χ3n) is 2.46. The van der Waals surface area contributed by atoms with Crippen LogP contribution in [0.3, 0.4) is 0 Å². The zero-order valence-electron chi connectivity index (χ0n) is 9.29. The fourth-order valence-electron chi connectivity index (χ4n) is 1.66. The Morgan fingerprint density at radius 1 is 1.41 bits per heavy atom. The number of para-hydroxylation sites is 1. The van der Waals surface area contributed by atoms with Crippen molar-refractivity contribution in [2.75, 3.05) is 6.54 Å². The van der Waals surface area contributed by atoms with Gasteiger partial charge < -0.3 is 10.3 Å². The van der Waals surface area contributed by atoms with Crippen molar-refractivity contribution in [3.8, 4) is 0 Å². The van der Waals surface area contributed by atoms with Gasteiger partial charge in [-0.1, -0.05) is 40.7 Å². The molecule has 4 heteroatoms. The van der Waals surface area contributed by atoms with E-state index in [0.717, 1.165) is 20.9 Å². The molecule has 1 heterocycles. The molecule has 0 aliphatic rings. The number of aromatic amines is 1. The summed E-state index contributed by atoms with van der Waals surface area (Å²) < 4.78 is 0.870. The molecule has 0 atom stereocenters. The number of nitrogens with one attached hydrogen (secondary N) is 2. The summed E-state index contributed by atoms with van der Waals surface area (Å²) in [6.45, 7) is 4.90. The number of pyridine rings is 1. The summed E-state index contributed by atoms with van der Waals surface area (Å²) in [4.78, 5) is 14.6. The van der Waals surface area contributed by atoms with Crippen molar-refractivity contribution < 1.29 is 0 Å². The first-order valence-corrected chi connectivity index (χ1v) is 6.11. The summed E-state index contributed by atoms with van der Waals surface area (Å²) in [6, 6.07) is 9.66. The normalized spacial score (nSPS) is 10.6. The highest BCUT2D eigenvalue weighted by atomic mass is 79.9. The molecule has 0 aliphatic heterocycles. The van der Waals surface area contributed by atoms with Crippen molar-refractivity contribution in [3.05, 3.63) is 57.3 Å². The summed E-state index contributed by atoms with van der Waals surface area (Å²) in [5.41, 5.74) is 1.56. The SMILES string of the molecule is C=C(Br)CNCc1cc2ccccc2[nH]c1=O. The van der Waals surface area contributed by atoms with Crippen LogP contribution in [0.25, 0.3) is 10.9 Å². The van der Waals surface area contributed by atoms with Gasteiger partial charge in [0.1, 0.15) is 0 Å². The average Bonchev–Trinajstić information content (AvgIpc) is 2.29. The van der Waals surface area contributed by atoms with Gasteiger partial charge in [-0.25, -0.2) is 0 Å². The zero-order valence-corrected chi connectivity index (χ0v) is 10.9. The summed E-state index contributed by atoms with van der Waals surface area (Å²) in [6.07, 6.45) is 0. The van der Waals surface area contributed by atoms with Crippen LogP contribution in [0.1, 0.15) is 5.56 Å². The van der Waals surface area contributed by atoms with Crippen LogP contribution in [-0.2, 0) is 6.54 Å². The van der Waals surface area contributed by atoms with Gasteiger partial charge in [0.2, 0.25) is 0 Å². The highest BCUT2D eigenvalue weighted by Gasteiger charge is 2.01. The van der Waals surface area contributed by atoms with Crippen molar-refractivity contribution in [2.24, 2.45) is 0 Å². The topological polar surface area (TPSA) is 44.9 Å². The van der Waals surface area contributed by atoms with Crippen LogP contribution in [0.4, 0.5) is 0 Å². The lowest BCUT2D eigenvalue weighted by Crippen LogP contribution is -2.21. The number of rotatable bonds is 4. The van der Waals surface area contributed by atoms with Crippen LogP contribution in [0.5, 0.6) is 0 Å². The Bertz CT molecular complexity index is 604. The summed E-state index contributed by atoms with van der Waals surface area (Å²) in [5.74, 6) is 0. The molecule has 0 unspecified atom stereocenters. The van der Waals surface area contributed by atoms with Crippen LogP contribution in [-0.4, -0.2) is 11.5 Å². The minimum Gasteiger partial charge on any atom is -0.322 e. The summed E-state index contributed by atoms with van der Waals surface area (Å²) >= 11 is 3.26. The zero-order chi connectivity index (χ0) is 12.3. The maximum atomic E-state index is 11.8. The number of benzene rings is 1. The minimum absolute atomic E-state index is 0.0450. The van der Waals surface area contributed by atoms with Gasteiger partial charge in [0.15, 0.2) is 0 Å². The fourth-order valence-corrected chi connectivity index (χ4v) is 1.85. The summed E-state index contributed by atoms with van der Waals surface area (Å²) in [5, 5.41) is 4.18. The largest absolute Gasteiger partial charge is 0.322 e. The molecule has 0 saturated carbocycles. The molecule has 2 rings (SSSR count). The number of hydrogen-bond acceptors (Lipinski definition) is 2. The van der Waals surface area contributed by atoms with Gasteiger partial charge in [0.05, 0.1) is 0 Å². The van der Waals surface area contributed by atoms with Crippen LogP contribution in [0.2, 0.25) is 0 Å². The molecule has 0 radical (unpaired) electrons. The Kier molecular flexibility index (Phi) is 3.76. The van der Waals surface area contributed by atoms with Crippen LogP contribution < -0.4 is 10.9 Å². The van der Waals surface area contributed by atoms with E-state index in [-0.39, 0.29) is 5.56 Å². The molecule has 3 nitrogen and oxygen atoms in total. The number of halogens is 1. The average molecular weight is 293 g/mol. The Morgan fingerprint density at radius 2 is 2.18 bits per heavy atom. The van der Waals surface area contributed by atoms with Crippen LogP contribution in [0.15, 0.2) is 46.2 Å². The fraction of sp³-hybridized carbons (Fsp3) is 0.154. The molecule has 0 amide bonds. The lowest BCUT2D eigenvalue weighted by molar-refractivity contribution is 0.750. The monoisotopic (exact) mass is 292 g/mol. The third-order valence-corrected chi connectivity index (χ3v) is 2.74. The van der Waals surface area contributed by atoms with Crippen molar-refractivity contribution >= 4 is 26.8 Å². The molecular formula is C13H13BrN2O. The van der Waals surface area contributed by atoms with Crippen LogP contribution >= 0.6 is 15.9 Å². The number of fused-ring (bicyclic) bond motifs is 1. The number of H-pyrrole nitrogens is 1. The molecule has 1 aromatic heterocycles. The molecule has 0 fully saturated rings.